The van der Waals surface area contributed by atoms with Crippen LogP contribution in [-0.4, -0.2) is 31.7 Å². The molecule has 0 aromatic rings. The second-order valence-corrected chi connectivity index (χ2v) is 4.89. The second kappa shape index (κ2) is 7.02. The van der Waals surface area contributed by atoms with Crippen molar-refractivity contribution in [3.05, 3.63) is 0 Å². The van der Waals surface area contributed by atoms with Crippen LogP contribution in [0.15, 0.2) is 0 Å². The summed E-state index contributed by atoms with van der Waals surface area (Å²) in [7, 11) is 1.61. The summed E-state index contributed by atoms with van der Waals surface area (Å²) < 4.78 is 10.7. The average molecular weight is 228 g/mol. The van der Waals surface area contributed by atoms with Gasteiger partial charge in [0, 0.05) is 20.1 Å². The molecule has 16 heavy (non-hydrogen) atoms. The quantitative estimate of drug-likeness (QED) is 0.672. The summed E-state index contributed by atoms with van der Waals surface area (Å²) in [5.41, 5.74) is 0. The number of ether oxygens (including phenoxy) is 2. The predicted molar refractivity (Wildman–Crippen MR) is 63.5 cm³/mol. The molecule has 0 aromatic carbocycles. The van der Waals surface area contributed by atoms with Gasteiger partial charge in [0.1, 0.15) is 6.10 Å². The monoisotopic (exact) mass is 228 g/mol. The average Bonchev–Trinajstić information content (AvgIpc) is 2.71. The summed E-state index contributed by atoms with van der Waals surface area (Å²) in [6.45, 7) is 4.93. The number of Topliss-reactive ketones (excluding diaryl/α,β-unsaturated/α-hetero) is 1. The molecule has 0 N–H and O–H groups in total. The van der Waals surface area contributed by atoms with Crippen LogP contribution in [-0.2, 0) is 14.3 Å². The first kappa shape index (κ1) is 13.7. The lowest BCUT2D eigenvalue weighted by Crippen LogP contribution is -2.28. The largest absolute Gasteiger partial charge is 0.378 e. The van der Waals surface area contributed by atoms with E-state index in [2.05, 4.69) is 0 Å². The molecular weight excluding hydrogens is 204 g/mol. The molecule has 3 nitrogen and oxygen atoms in total. The summed E-state index contributed by atoms with van der Waals surface area (Å²) in [5, 5.41) is 0. The highest BCUT2D eigenvalue weighted by molar-refractivity contribution is 5.83. The normalized spacial score (nSPS) is 22.6. The zero-order valence-electron chi connectivity index (χ0n) is 10.7. The third kappa shape index (κ3) is 4.22. The van der Waals surface area contributed by atoms with E-state index in [0.29, 0.717) is 12.5 Å². The van der Waals surface area contributed by atoms with E-state index in [1.807, 2.05) is 13.8 Å². The van der Waals surface area contributed by atoms with Crippen LogP contribution >= 0.6 is 0 Å². The summed E-state index contributed by atoms with van der Waals surface area (Å²) in [6, 6.07) is 0. The van der Waals surface area contributed by atoms with Crippen LogP contribution in [0.1, 0.15) is 46.0 Å². The van der Waals surface area contributed by atoms with E-state index in [0.717, 1.165) is 25.9 Å². The predicted octanol–water partition coefficient (Wildman–Crippen LogP) is 2.58. The maximum absolute atomic E-state index is 11.8. The molecule has 3 heteroatoms. The fourth-order valence-corrected chi connectivity index (χ4v) is 2.29. The van der Waals surface area contributed by atoms with Gasteiger partial charge >= 0.3 is 0 Å². The van der Waals surface area contributed by atoms with Gasteiger partial charge in [0.25, 0.3) is 0 Å². The molecule has 0 amide bonds. The minimum absolute atomic E-state index is 0.232. The highest BCUT2D eigenvalue weighted by Crippen LogP contribution is 2.19. The Kier molecular flexibility index (Phi) is 5.99. The van der Waals surface area contributed by atoms with Crippen molar-refractivity contribution in [3.8, 4) is 0 Å². The topological polar surface area (TPSA) is 35.5 Å². The van der Waals surface area contributed by atoms with Crippen LogP contribution < -0.4 is 0 Å². The van der Waals surface area contributed by atoms with Gasteiger partial charge in [-0.15, -0.1) is 0 Å². The maximum Gasteiger partial charge on any atom is 0.161 e. The van der Waals surface area contributed by atoms with Crippen molar-refractivity contribution in [1.82, 2.24) is 0 Å². The molecule has 0 radical (unpaired) electrons. The smallest absolute Gasteiger partial charge is 0.161 e. The number of ketones is 1. The molecule has 1 fully saturated rings. The van der Waals surface area contributed by atoms with Gasteiger partial charge in [-0.05, 0) is 31.6 Å². The van der Waals surface area contributed by atoms with Gasteiger partial charge < -0.3 is 9.47 Å². The van der Waals surface area contributed by atoms with Crippen molar-refractivity contribution in [2.45, 2.75) is 58.2 Å². The Morgan fingerprint density at radius 3 is 2.75 bits per heavy atom. The van der Waals surface area contributed by atoms with Crippen molar-refractivity contribution in [3.63, 3.8) is 0 Å². The van der Waals surface area contributed by atoms with Crippen LogP contribution in [0.2, 0.25) is 0 Å². The van der Waals surface area contributed by atoms with Crippen molar-refractivity contribution >= 4 is 5.78 Å². The van der Waals surface area contributed by atoms with E-state index in [-0.39, 0.29) is 17.8 Å². The lowest BCUT2D eigenvalue weighted by atomic mass is 9.98. The third-order valence-corrected chi connectivity index (χ3v) is 3.15. The number of carbonyl (C=O) groups excluding carboxylic acids is 1. The molecule has 2 atom stereocenters. The summed E-state index contributed by atoms with van der Waals surface area (Å²) >= 11 is 0. The molecule has 2 unspecified atom stereocenters. The molecule has 1 rings (SSSR count). The standard InChI is InChI=1S/C13H24O3/c1-10(2)13(15-3)12(14)8-4-6-11-7-5-9-16-11/h10-11,13H,4-9H2,1-3H3. The van der Waals surface area contributed by atoms with Gasteiger partial charge in [-0.2, -0.15) is 0 Å². The number of methoxy groups -OCH3 is 1. The fourth-order valence-electron chi connectivity index (χ4n) is 2.29. The van der Waals surface area contributed by atoms with Crippen LogP contribution in [0.25, 0.3) is 0 Å². The minimum Gasteiger partial charge on any atom is -0.378 e. The van der Waals surface area contributed by atoms with Gasteiger partial charge in [0.2, 0.25) is 0 Å². The molecule has 0 bridgehead atoms. The molecule has 0 aliphatic carbocycles. The van der Waals surface area contributed by atoms with Crippen molar-refractivity contribution in [1.29, 1.82) is 0 Å². The molecule has 1 aliphatic rings. The lowest BCUT2D eigenvalue weighted by Gasteiger charge is -2.18. The first-order valence-corrected chi connectivity index (χ1v) is 6.32. The number of carbonyl (C=O) groups is 1. The summed E-state index contributed by atoms with van der Waals surface area (Å²) in [4.78, 5) is 11.8. The Bertz CT molecular complexity index is 207. The molecule has 1 heterocycles. The van der Waals surface area contributed by atoms with Crippen LogP contribution in [0.5, 0.6) is 0 Å². The van der Waals surface area contributed by atoms with Crippen molar-refractivity contribution in [2.75, 3.05) is 13.7 Å². The lowest BCUT2D eigenvalue weighted by molar-refractivity contribution is -0.131. The number of hydrogen-bond acceptors (Lipinski definition) is 3. The Balaban J connectivity index is 2.17. The molecular formula is C13H24O3. The van der Waals surface area contributed by atoms with Crippen LogP contribution in [0.4, 0.5) is 0 Å². The first-order chi connectivity index (χ1) is 7.65. The van der Waals surface area contributed by atoms with E-state index >= 15 is 0 Å². The highest BCUT2D eigenvalue weighted by Gasteiger charge is 2.22. The molecule has 0 spiro atoms. The van der Waals surface area contributed by atoms with E-state index in [1.54, 1.807) is 7.11 Å². The first-order valence-electron chi connectivity index (χ1n) is 6.32. The molecule has 0 saturated carbocycles. The molecule has 94 valence electrons. The Labute approximate surface area is 98.5 Å². The summed E-state index contributed by atoms with van der Waals surface area (Å²) in [5.74, 6) is 0.496. The zero-order valence-corrected chi connectivity index (χ0v) is 10.7. The van der Waals surface area contributed by atoms with Gasteiger partial charge in [-0.25, -0.2) is 0 Å². The van der Waals surface area contributed by atoms with Crippen molar-refractivity contribution in [2.24, 2.45) is 5.92 Å². The van der Waals surface area contributed by atoms with Crippen molar-refractivity contribution < 1.29 is 14.3 Å². The number of hydrogen-bond donors (Lipinski definition) is 0. The van der Waals surface area contributed by atoms with E-state index in [1.165, 1.54) is 6.42 Å². The second-order valence-electron chi connectivity index (χ2n) is 4.89. The maximum atomic E-state index is 11.8. The molecule has 0 aromatic heterocycles. The summed E-state index contributed by atoms with van der Waals surface area (Å²) in [6.07, 6.45) is 5.06. The third-order valence-electron chi connectivity index (χ3n) is 3.15. The minimum atomic E-state index is -0.232. The zero-order chi connectivity index (χ0) is 12.0. The van der Waals surface area contributed by atoms with Gasteiger partial charge in [0.05, 0.1) is 6.10 Å². The van der Waals surface area contributed by atoms with E-state index in [4.69, 9.17) is 9.47 Å². The van der Waals surface area contributed by atoms with Crippen LogP contribution in [0, 0.1) is 5.92 Å². The highest BCUT2D eigenvalue weighted by atomic mass is 16.5. The SMILES string of the molecule is COC(C(=O)CCCC1CCCO1)C(C)C. The Morgan fingerprint density at radius 2 is 2.25 bits per heavy atom. The number of rotatable bonds is 7. The van der Waals surface area contributed by atoms with Gasteiger partial charge in [0.15, 0.2) is 5.78 Å². The van der Waals surface area contributed by atoms with Crippen LogP contribution in [0.3, 0.4) is 0 Å². The molecule has 1 saturated heterocycles. The van der Waals surface area contributed by atoms with Gasteiger partial charge in [-0.1, -0.05) is 13.8 Å². The van der Waals surface area contributed by atoms with Gasteiger partial charge in [-0.3, -0.25) is 4.79 Å². The fraction of sp³-hybridized carbons (Fsp3) is 0.923. The Morgan fingerprint density at radius 1 is 1.50 bits per heavy atom. The Hall–Kier alpha value is -0.410. The van der Waals surface area contributed by atoms with E-state index < -0.39 is 0 Å². The van der Waals surface area contributed by atoms with E-state index in [9.17, 15) is 4.79 Å². The molecule has 1 aliphatic heterocycles.